The number of pyridine rings is 1. The standard InChI is InChI=1S/C15H19N3O/c1-11-8-9-13(16)14(17-11)18-15(2,10-19)12-6-4-3-5-7-12/h3-9,19H,10,16H2,1-2H3,(H,17,18). The molecule has 4 heteroatoms. The zero-order valence-electron chi connectivity index (χ0n) is 11.2. The Labute approximate surface area is 113 Å². The van der Waals surface area contributed by atoms with Gasteiger partial charge in [0.05, 0.1) is 17.8 Å². The maximum absolute atomic E-state index is 9.73. The lowest BCUT2D eigenvalue weighted by Gasteiger charge is -2.30. The number of hydrogen-bond donors (Lipinski definition) is 3. The van der Waals surface area contributed by atoms with Crippen molar-refractivity contribution in [1.29, 1.82) is 0 Å². The Bertz CT molecular complexity index is 557. The second-order valence-corrected chi connectivity index (χ2v) is 4.87. The molecule has 1 aromatic heterocycles. The molecule has 0 spiro atoms. The lowest BCUT2D eigenvalue weighted by molar-refractivity contribution is 0.224. The molecule has 0 aliphatic carbocycles. The predicted octanol–water partition coefficient (Wildman–Crippen LogP) is 2.29. The Hall–Kier alpha value is -2.07. The lowest BCUT2D eigenvalue weighted by Crippen LogP contribution is -2.36. The van der Waals surface area contributed by atoms with Crippen LogP contribution in [0.25, 0.3) is 0 Å². The summed E-state index contributed by atoms with van der Waals surface area (Å²) in [6, 6.07) is 13.4. The zero-order chi connectivity index (χ0) is 13.9. The van der Waals surface area contributed by atoms with Gasteiger partial charge in [-0.15, -0.1) is 0 Å². The van der Waals surface area contributed by atoms with Crippen LogP contribution in [0.4, 0.5) is 11.5 Å². The highest BCUT2D eigenvalue weighted by Crippen LogP contribution is 2.27. The third kappa shape index (κ3) is 2.85. The molecule has 0 fully saturated rings. The molecular weight excluding hydrogens is 238 g/mol. The Morgan fingerprint density at radius 3 is 2.53 bits per heavy atom. The monoisotopic (exact) mass is 257 g/mol. The van der Waals surface area contributed by atoms with Crippen molar-refractivity contribution in [3.63, 3.8) is 0 Å². The van der Waals surface area contributed by atoms with Crippen LogP contribution < -0.4 is 11.1 Å². The molecule has 0 aliphatic rings. The van der Waals surface area contributed by atoms with Gasteiger partial charge >= 0.3 is 0 Å². The van der Waals surface area contributed by atoms with Crippen molar-refractivity contribution in [2.45, 2.75) is 19.4 Å². The van der Waals surface area contributed by atoms with E-state index in [1.807, 2.05) is 56.3 Å². The number of nitrogens with one attached hydrogen (secondary N) is 1. The number of anilines is 2. The fraction of sp³-hybridized carbons (Fsp3) is 0.267. The third-order valence-corrected chi connectivity index (χ3v) is 3.19. The van der Waals surface area contributed by atoms with Crippen molar-refractivity contribution in [2.24, 2.45) is 0 Å². The fourth-order valence-electron chi connectivity index (χ4n) is 1.94. The highest BCUT2D eigenvalue weighted by Gasteiger charge is 2.26. The summed E-state index contributed by atoms with van der Waals surface area (Å²) >= 11 is 0. The second kappa shape index (κ2) is 5.28. The Balaban J connectivity index is 2.36. The van der Waals surface area contributed by atoms with Gasteiger partial charge in [0.15, 0.2) is 0 Å². The quantitative estimate of drug-likeness (QED) is 0.786. The topological polar surface area (TPSA) is 71.2 Å². The first-order valence-corrected chi connectivity index (χ1v) is 6.23. The summed E-state index contributed by atoms with van der Waals surface area (Å²) in [6.07, 6.45) is 0. The molecule has 2 aromatic rings. The summed E-state index contributed by atoms with van der Waals surface area (Å²) in [4.78, 5) is 4.38. The number of benzene rings is 1. The molecule has 0 aliphatic heterocycles. The van der Waals surface area contributed by atoms with Crippen molar-refractivity contribution >= 4 is 11.5 Å². The molecule has 4 nitrogen and oxygen atoms in total. The number of aromatic nitrogens is 1. The molecule has 1 heterocycles. The maximum Gasteiger partial charge on any atom is 0.150 e. The normalized spacial score (nSPS) is 13.8. The van der Waals surface area contributed by atoms with Crippen molar-refractivity contribution in [3.8, 4) is 0 Å². The van der Waals surface area contributed by atoms with Gasteiger partial charge in [-0.05, 0) is 31.5 Å². The third-order valence-electron chi connectivity index (χ3n) is 3.19. The van der Waals surface area contributed by atoms with Crippen LogP contribution in [-0.4, -0.2) is 16.7 Å². The first-order valence-electron chi connectivity index (χ1n) is 6.23. The largest absolute Gasteiger partial charge is 0.396 e. The van der Waals surface area contributed by atoms with E-state index < -0.39 is 5.54 Å². The van der Waals surface area contributed by atoms with E-state index in [1.165, 1.54) is 0 Å². The second-order valence-electron chi connectivity index (χ2n) is 4.87. The van der Waals surface area contributed by atoms with Crippen molar-refractivity contribution in [2.75, 3.05) is 17.7 Å². The van der Waals surface area contributed by atoms with Crippen LogP contribution in [0.15, 0.2) is 42.5 Å². The van der Waals surface area contributed by atoms with Gasteiger partial charge in [0.25, 0.3) is 0 Å². The van der Waals surface area contributed by atoms with Crippen LogP contribution in [-0.2, 0) is 5.54 Å². The number of rotatable bonds is 4. The van der Waals surface area contributed by atoms with Gasteiger partial charge in [-0.3, -0.25) is 0 Å². The molecule has 1 atom stereocenters. The van der Waals surface area contributed by atoms with E-state index in [0.717, 1.165) is 11.3 Å². The molecule has 0 amide bonds. The maximum atomic E-state index is 9.73. The van der Waals surface area contributed by atoms with E-state index >= 15 is 0 Å². The number of nitrogen functional groups attached to an aromatic ring is 1. The van der Waals surface area contributed by atoms with E-state index in [1.54, 1.807) is 0 Å². The minimum Gasteiger partial charge on any atom is -0.396 e. The first-order chi connectivity index (χ1) is 9.05. The average molecular weight is 257 g/mol. The predicted molar refractivity (Wildman–Crippen MR) is 77.9 cm³/mol. The molecule has 1 aromatic carbocycles. The Kier molecular flexibility index (Phi) is 3.71. The van der Waals surface area contributed by atoms with E-state index in [4.69, 9.17) is 5.73 Å². The Morgan fingerprint density at radius 1 is 1.21 bits per heavy atom. The molecule has 4 N–H and O–H groups in total. The summed E-state index contributed by atoms with van der Waals surface area (Å²) in [5, 5.41) is 13.0. The van der Waals surface area contributed by atoms with Crippen molar-refractivity contribution in [1.82, 2.24) is 4.98 Å². The number of nitrogens with zero attached hydrogens (tertiary/aromatic N) is 1. The fourth-order valence-corrected chi connectivity index (χ4v) is 1.94. The minimum absolute atomic E-state index is 0.0495. The molecule has 0 radical (unpaired) electrons. The summed E-state index contributed by atoms with van der Waals surface area (Å²) in [5.74, 6) is 0.598. The summed E-state index contributed by atoms with van der Waals surface area (Å²) in [7, 11) is 0. The molecular formula is C15H19N3O. The van der Waals surface area contributed by atoms with Gasteiger partial charge in [0.2, 0.25) is 0 Å². The lowest BCUT2D eigenvalue weighted by atomic mass is 9.93. The first kappa shape index (κ1) is 13.4. The van der Waals surface area contributed by atoms with Gasteiger partial charge in [-0.25, -0.2) is 4.98 Å². The molecule has 19 heavy (non-hydrogen) atoms. The van der Waals surface area contributed by atoms with Gasteiger partial charge < -0.3 is 16.2 Å². The SMILES string of the molecule is Cc1ccc(N)c(NC(C)(CO)c2ccccc2)n1. The zero-order valence-corrected chi connectivity index (χ0v) is 11.2. The molecule has 100 valence electrons. The Morgan fingerprint density at radius 2 is 1.89 bits per heavy atom. The van der Waals surface area contributed by atoms with Crippen molar-refractivity contribution in [3.05, 3.63) is 53.7 Å². The van der Waals surface area contributed by atoms with Gasteiger partial charge in [0, 0.05) is 5.69 Å². The summed E-state index contributed by atoms with van der Waals surface area (Å²) < 4.78 is 0. The smallest absolute Gasteiger partial charge is 0.150 e. The van der Waals surface area contributed by atoms with Crippen LogP contribution in [0, 0.1) is 6.92 Å². The van der Waals surface area contributed by atoms with Crippen LogP contribution >= 0.6 is 0 Å². The van der Waals surface area contributed by atoms with Gasteiger partial charge in [-0.2, -0.15) is 0 Å². The highest BCUT2D eigenvalue weighted by atomic mass is 16.3. The van der Waals surface area contributed by atoms with Crippen LogP contribution in [0.3, 0.4) is 0 Å². The van der Waals surface area contributed by atoms with Gasteiger partial charge in [0.1, 0.15) is 5.82 Å². The van der Waals surface area contributed by atoms with E-state index in [0.29, 0.717) is 11.5 Å². The minimum atomic E-state index is -0.615. The molecule has 2 rings (SSSR count). The van der Waals surface area contributed by atoms with E-state index in [9.17, 15) is 5.11 Å². The van der Waals surface area contributed by atoms with Crippen LogP contribution in [0.1, 0.15) is 18.2 Å². The van der Waals surface area contributed by atoms with Crippen LogP contribution in [0.2, 0.25) is 0 Å². The number of aliphatic hydroxyl groups is 1. The number of aryl methyl sites for hydroxylation is 1. The summed E-state index contributed by atoms with van der Waals surface area (Å²) in [5.41, 5.74) is 7.74. The number of nitrogens with two attached hydrogens (primary N) is 1. The number of hydrogen-bond acceptors (Lipinski definition) is 4. The van der Waals surface area contributed by atoms with Crippen molar-refractivity contribution < 1.29 is 5.11 Å². The highest BCUT2D eigenvalue weighted by molar-refractivity contribution is 5.62. The van der Waals surface area contributed by atoms with Gasteiger partial charge in [-0.1, -0.05) is 30.3 Å². The number of aliphatic hydroxyl groups excluding tert-OH is 1. The summed E-state index contributed by atoms with van der Waals surface area (Å²) in [6.45, 7) is 3.78. The van der Waals surface area contributed by atoms with E-state index in [-0.39, 0.29) is 6.61 Å². The molecule has 0 saturated heterocycles. The molecule has 0 bridgehead atoms. The van der Waals surface area contributed by atoms with E-state index in [2.05, 4.69) is 10.3 Å². The average Bonchev–Trinajstić information content (AvgIpc) is 2.44. The molecule has 1 unspecified atom stereocenters. The van der Waals surface area contributed by atoms with Crippen LogP contribution in [0.5, 0.6) is 0 Å². The molecule has 0 saturated carbocycles.